The molecule has 0 bridgehead atoms. The van der Waals surface area contributed by atoms with Gasteiger partial charge in [-0.1, -0.05) is 71.1 Å². The molecule has 0 rings (SSSR count). The van der Waals surface area contributed by atoms with E-state index in [9.17, 15) is 9.90 Å². The molecule has 0 aromatic rings. The van der Waals surface area contributed by atoms with Crippen molar-refractivity contribution in [2.45, 2.75) is 109 Å². The van der Waals surface area contributed by atoms with Crippen LogP contribution in [0.15, 0.2) is 0 Å². The fourth-order valence-electron chi connectivity index (χ4n) is 3.03. The smallest absolute Gasteiger partial charge is 0.305 e. The van der Waals surface area contributed by atoms with E-state index in [1.165, 1.54) is 39.2 Å². The largest absolute Gasteiger partial charge is 0.469 e. The molecule has 4 nitrogen and oxygen atoms in total. The number of ether oxygens (including phenoxy) is 2. The van der Waals surface area contributed by atoms with Gasteiger partial charge in [0.05, 0.1) is 19.3 Å². The summed E-state index contributed by atoms with van der Waals surface area (Å²) < 4.78 is 10.1. The van der Waals surface area contributed by atoms with Crippen LogP contribution in [-0.4, -0.2) is 37.5 Å². The quantitative estimate of drug-likeness (QED) is 0.297. The lowest BCUT2D eigenvalue weighted by Crippen LogP contribution is -2.27. The van der Waals surface area contributed by atoms with E-state index in [0.29, 0.717) is 6.42 Å². The first kappa shape index (κ1) is 23.4. The number of aliphatic hydroxyl groups is 1. The minimum atomic E-state index is -0.347. The van der Waals surface area contributed by atoms with Gasteiger partial charge in [-0.05, 0) is 19.3 Å². The summed E-state index contributed by atoms with van der Waals surface area (Å²) in [7, 11) is 3.14. The zero-order valence-electron chi connectivity index (χ0n) is 16.2. The maximum atomic E-state index is 11.0. The van der Waals surface area contributed by atoms with Gasteiger partial charge in [0.25, 0.3) is 0 Å². The van der Waals surface area contributed by atoms with Crippen LogP contribution in [-0.2, 0) is 14.3 Å². The molecule has 2 atom stereocenters. The van der Waals surface area contributed by atoms with Gasteiger partial charge in [0.1, 0.15) is 0 Å². The van der Waals surface area contributed by atoms with Gasteiger partial charge in [-0.15, -0.1) is 0 Å². The van der Waals surface area contributed by atoms with Crippen molar-refractivity contribution in [3.05, 3.63) is 0 Å². The predicted octanol–water partition coefficient (Wildman–Crippen LogP) is 5.02. The monoisotopic (exact) mass is 344 g/mol. The fraction of sp³-hybridized carbons (Fsp3) is 0.950. The molecule has 0 spiro atoms. The Hall–Kier alpha value is -0.610. The second-order valence-corrected chi connectivity index (χ2v) is 6.78. The van der Waals surface area contributed by atoms with Crippen LogP contribution in [0.1, 0.15) is 96.8 Å². The fourth-order valence-corrected chi connectivity index (χ4v) is 3.03. The van der Waals surface area contributed by atoms with Gasteiger partial charge in [-0.2, -0.15) is 0 Å². The lowest BCUT2D eigenvalue weighted by Gasteiger charge is -2.21. The highest BCUT2D eigenvalue weighted by atomic mass is 16.5. The molecule has 2 unspecified atom stereocenters. The number of carbonyl (C=O) groups excluding carboxylic acids is 1. The number of esters is 1. The van der Waals surface area contributed by atoms with Gasteiger partial charge in [-0.25, -0.2) is 0 Å². The second kappa shape index (κ2) is 17.2. The third kappa shape index (κ3) is 13.8. The van der Waals surface area contributed by atoms with Crippen LogP contribution in [0.2, 0.25) is 0 Å². The summed E-state index contributed by atoms with van der Waals surface area (Å²) in [6.07, 6.45) is 14.7. The average molecular weight is 345 g/mol. The molecule has 24 heavy (non-hydrogen) atoms. The van der Waals surface area contributed by atoms with E-state index in [-0.39, 0.29) is 18.2 Å². The number of methoxy groups -OCH3 is 2. The average Bonchev–Trinajstić information content (AvgIpc) is 2.59. The van der Waals surface area contributed by atoms with E-state index >= 15 is 0 Å². The summed E-state index contributed by atoms with van der Waals surface area (Å²) in [5.41, 5.74) is 0. The first-order chi connectivity index (χ1) is 11.7. The first-order valence-corrected chi connectivity index (χ1v) is 9.93. The Kier molecular flexibility index (Phi) is 16.8. The van der Waals surface area contributed by atoms with Crippen molar-refractivity contribution in [2.75, 3.05) is 14.2 Å². The van der Waals surface area contributed by atoms with Crippen LogP contribution in [0, 0.1) is 0 Å². The third-order valence-electron chi connectivity index (χ3n) is 4.68. The molecule has 144 valence electrons. The molecule has 0 aliphatic rings. The highest BCUT2D eigenvalue weighted by Crippen LogP contribution is 2.17. The summed E-state index contributed by atoms with van der Waals surface area (Å²) in [4.78, 5) is 11.0. The van der Waals surface area contributed by atoms with Crippen molar-refractivity contribution in [1.29, 1.82) is 0 Å². The van der Waals surface area contributed by atoms with Gasteiger partial charge in [0.15, 0.2) is 0 Å². The topological polar surface area (TPSA) is 55.8 Å². The van der Waals surface area contributed by atoms with Crippen molar-refractivity contribution in [1.82, 2.24) is 0 Å². The minimum absolute atomic E-state index is 0.0181. The normalized spacial score (nSPS) is 13.7. The van der Waals surface area contributed by atoms with Crippen LogP contribution < -0.4 is 0 Å². The Bertz CT molecular complexity index is 281. The van der Waals surface area contributed by atoms with E-state index < -0.39 is 0 Å². The molecule has 0 radical (unpaired) electrons. The molecule has 0 amide bonds. The SMILES string of the molecule is CCCCCCCCC(OC)C(O)CCCCCCCC(=O)OC. The molecule has 0 aromatic carbocycles. The number of unbranched alkanes of at least 4 members (excludes halogenated alkanes) is 9. The van der Waals surface area contributed by atoms with Crippen molar-refractivity contribution in [3.63, 3.8) is 0 Å². The molecule has 0 fully saturated rings. The standard InChI is InChI=1S/C20H40O4/c1-4-5-6-7-10-13-16-19(23-2)18(21)15-12-9-8-11-14-17-20(22)24-3/h18-19,21H,4-17H2,1-3H3. The van der Waals surface area contributed by atoms with Crippen LogP contribution >= 0.6 is 0 Å². The molecule has 0 aliphatic carbocycles. The van der Waals surface area contributed by atoms with Crippen LogP contribution in [0.5, 0.6) is 0 Å². The van der Waals surface area contributed by atoms with Gasteiger partial charge >= 0.3 is 5.97 Å². The van der Waals surface area contributed by atoms with E-state index in [2.05, 4.69) is 11.7 Å². The Balaban J connectivity index is 3.57. The van der Waals surface area contributed by atoms with Crippen molar-refractivity contribution in [2.24, 2.45) is 0 Å². The van der Waals surface area contributed by atoms with E-state index in [4.69, 9.17) is 4.74 Å². The molecule has 1 N–H and O–H groups in total. The van der Waals surface area contributed by atoms with E-state index in [1.54, 1.807) is 7.11 Å². The molecule has 0 aliphatic heterocycles. The third-order valence-corrected chi connectivity index (χ3v) is 4.68. The highest BCUT2D eigenvalue weighted by Gasteiger charge is 2.17. The van der Waals surface area contributed by atoms with E-state index in [0.717, 1.165) is 51.4 Å². The zero-order valence-corrected chi connectivity index (χ0v) is 16.2. The summed E-state index contributed by atoms with van der Waals surface area (Å²) in [5, 5.41) is 10.3. The number of hydrogen-bond donors (Lipinski definition) is 1. The molecule has 0 heterocycles. The zero-order chi connectivity index (χ0) is 18.0. The van der Waals surface area contributed by atoms with Crippen LogP contribution in [0.25, 0.3) is 0 Å². The molecule has 0 saturated carbocycles. The number of hydrogen-bond acceptors (Lipinski definition) is 4. The summed E-state index contributed by atoms with van der Waals surface area (Å²) in [5.74, 6) is -0.122. The summed E-state index contributed by atoms with van der Waals surface area (Å²) in [6, 6.07) is 0. The maximum Gasteiger partial charge on any atom is 0.305 e. The minimum Gasteiger partial charge on any atom is -0.469 e. The Labute approximate surface area is 149 Å². The summed E-state index contributed by atoms with van der Waals surface area (Å²) in [6.45, 7) is 2.23. The van der Waals surface area contributed by atoms with E-state index in [1.807, 2.05) is 0 Å². The second-order valence-electron chi connectivity index (χ2n) is 6.78. The Morgan fingerprint density at radius 2 is 1.38 bits per heavy atom. The molecule has 0 saturated heterocycles. The van der Waals surface area contributed by atoms with Gasteiger partial charge in [0, 0.05) is 13.5 Å². The van der Waals surface area contributed by atoms with Crippen LogP contribution in [0.3, 0.4) is 0 Å². The molecule has 0 aromatic heterocycles. The maximum absolute atomic E-state index is 11.0. The number of aliphatic hydroxyl groups excluding tert-OH is 1. The molecular formula is C20H40O4. The highest BCUT2D eigenvalue weighted by molar-refractivity contribution is 5.68. The number of rotatable bonds is 17. The summed E-state index contributed by atoms with van der Waals surface area (Å²) >= 11 is 0. The predicted molar refractivity (Wildman–Crippen MR) is 99.1 cm³/mol. The van der Waals surface area contributed by atoms with Gasteiger partial charge in [-0.3, -0.25) is 4.79 Å². The Morgan fingerprint density at radius 1 is 0.833 bits per heavy atom. The van der Waals surface area contributed by atoms with Gasteiger partial charge < -0.3 is 14.6 Å². The van der Waals surface area contributed by atoms with Crippen molar-refractivity contribution in [3.8, 4) is 0 Å². The molecule has 4 heteroatoms. The van der Waals surface area contributed by atoms with Crippen molar-refractivity contribution < 1.29 is 19.4 Å². The lowest BCUT2D eigenvalue weighted by atomic mass is 9.99. The first-order valence-electron chi connectivity index (χ1n) is 9.93. The lowest BCUT2D eigenvalue weighted by molar-refractivity contribution is -0.140. The van der Waals surface area contributed by atoms with Crippen LogP contribution in [0.4, 0.5) is 0 Å². The van der Waals surface area contributed by atoms with Gasteiger partial charge in [0.2, 0.25) is 0 Å². The molecular weight excluding hydrogens is 304 g/mol. The number of carbonyl (C=O) groups is 1. The van der Waals surface area contributed by atoms with Crippen molar-refractivity contribution >= 4 is 5.97 Å². The Morgan fingerprint density at radius 3 is 1.96 bits per heavy atom.